The smallest absolute Gasteiger partial charge is 0.319 e. The molecule has 0 radical (unpaired) electrons. The third-order valence-corrected chi connectivity index (χ3v) is 4.36. The zero-order valence-electron chi connectivity index (χ0n) is 10.4. The monoisotopic (exact) mass is 330 g/mol. The van der Waals surface area contributed by atoms with E-state index in [1.54, 1.807) is 6.07 Å². The van der Waals surface area contributed by atoms with Gasteiger partial charge in [-0.25, -0.2) is 0 Å². The molecule has 0 heterocycles. The van der Waals surface area contributed by atoms with Crippen LogP contribution in [0.3, 0.4) is 0 Å². The van der Waals surface area contributed by atoms with Crippen molar-refractivity contribution in [3.05, 3.63) is 54.6 Å². The minimum absolute atomic E-state index is 0.158. The fourth-order valence-electron chi connectivity index (χ4n) is 1.44. The lowest BCUT2D eigenvalue weighted by Gasteiger charge is -2.08. The molecule has 0 aromatic heterocycles. The van der Waals surface area contributed by atoms with Gasteiger partial charge in [0.2, 0.25) is 0 Å². The van der Waals surface area contributed by atoms with Crippen LogP contribution in [0.25, 0.3) is 0 Å². The van der Waals surface area contributed by atoms with Crippen molar-refractivity contribution < 1.29 is 30.6 Å². The van der Waals surface area contributed by atoms with E-state index >= 15 is 0 Å². The second-order valence-corrected chi connectivity index (χ2v) is 6.75. The molecule has 7 nitrogen and oxygen atoms in total. The average molecular weight is 330 g/mol. The highest BCUT2D eigenvalue weighted by Gasteiger charge is 2.21. The van der Waals surface area contributed by atoms with E-state index in [1.807, 2.05) is 0 Å². The summed E-state index contributed by atoms with van der Waals surface area (Å²) in [6.45, 7) is 0. The Labute approximate surface area is 121 Å². The van der Waals surface area contributed by atoms with Crippen molar-refractivity contribution in [2.24, 2.45) is 0 Å². The lowest BCUT2D eigenvalue weighted by atomic mass is 10.3. The first kappa shape index (κ1) is 15.4. The van der Waals surface area contributed by atoms with Crippen LogP contribution < -0.4 is 4.89 Å². The molecule has 0 bridgehead atoms. The minimum atomic E-state index is -4.57. The predicted molar refractivity (Wildman–Crippen MR) is 71.6 cm³/mol. The SMILES string of the molecule is O=S(=O)(O)c1ccccc1OOS(=O)(=O)c1ccccc1. The predicted octanol–water partition coefficient (Wildman–Crippen LogP) is 1.63. The topological polar surface area (TPSA) is 107 Å². The number of hydrogen-bond donors (Lipinski definition) is 1. The Hall–Kier alpha value is -1.94. The van der Waals surface area contributed by atoms with Crippen LogP contribution in [0.15, 0.2) is 64.4 Å². The number of hydrogen-bond acceptors (Lipinski definition) is 6. The summed E-state index contributed by atoms with van der Waals surface area (Å²) in [5, 5.41) is 0. The molecule has 0 atom stereocenters. The molecule has 0 spiro atoms. The van der Waals surface area contributed by atoms with Crippen LogP contribution in [-0.2, 0) is 24.6 Å². The summed E-state index contributed by atoms with van der Waals surface area (Å²) in [5.74, 6) is -0.445. The molecule has 0 fully saturated rings. The van der Waals surface area contributed by atoms with E-state index < -0.39 is 30.9 Å². The molecule has 0 saturated heterocycles. The number of para-hydroxylation sites is 1. The molecular formula is C12H10O7S2. The third-order valence-electron chi connectivity index (χ3n) is 2.37. The normalized spacial score (nSPS) is 12.0. The van der Waals surface area contributed by atoms with E-state index in [2.05, 4.69) is 9.22 Å². The highest BCUT2D eigenvalue weighted by molar-refractivity contribution is 7.86. The zero-order valence-corrected chi connectivity index (χ0v) is 12.0. The Kier molecular flexibility index (Phi) is 4.28. The highest BCUT2D eigenvalue weighted by Crippen LogP contribution is 2.24. The van der Waals surface area contributed by atoms with E-state index in [-0.39, 0.29) is 4.90 Å². The quantitative estimate of drug-likeness (QED) is 0.504. The Morgan fingerprint density at radius 3 is 2.00 bits per heavy atom. The Morgan fingerprint density at radius 1 is 0.810 bits per heavy atom. The maximum atomic E-state index is 11.8. The Bertz CT molecular complexity index is 827. The van der Waals surface area contributed by atoms with Gasteiger partial charge in [0, 0.05) is 0 Å². The van der Waals surface area contributed by atoms with E-state index in [0.29, 0.717) is 0 Å². The molecule has 2 aromatic carbocycles. The van der Waals surface area contributed by atoms with E-state index in [9.17, 15) is 16.8 Å². The second-order valence-electron chi connectivity index (χ2n) is 3.84. The zero-order chi connectivity index (χ0) is 15.5. The molecule has 0 aliphatic carbocycles. The Balaban J connectivity index is 2.26. The van der Waals surface area contributed by atoms with Crippen LogP contribution >= 0.6 is 0 Å². The molecule has 0 amide bonds. The van der Waals surface area contributed by atoms with Crippen LogP contribution in [0.5, 0.6) is 5.75 Å². The van der Waals surface area contributed by atoms with E-state index in [0.717, 1.165) is 12.1 Å². The van der Waals surface area contributed by atoms with Crippen molar-refractivity contribution in [3.8, 4) is 5.75 Å². The standard InChI is InChI=1S/C12H10O7S2/c13-20(14,15)12-9-5-4-8-11(12)18-19-21(16,17)10-6-2-1-3-7-10/h1-9H,(H,13,14,15). The lowest BCUT2D eigenvalue weighted by Crippen LogP contribution is -2.11. The molecule has 1 N–H and O–H groups in total. The van der Waals surface area contributed by atoms with Crippen LogP contribution in [0.1, 0.15) is 0 Å². The van der Waals surface area contributed by atoms with Crippen molar-refractivity contribution in [3.63, 3.8) is 0 Å². The summed E-state index contributed by atoms with van der Waals surface area (Å²) in [4.78, 5) is 3.79. The largest absolute Gasteiger partial charge is 0.332 e. The van der Waals surface area contributed by atoms with Gasteiger partial charge in [0.25, 0.3) is 10.1 Å². The van der Waals surface area contributed by atoms with Crippen molar-refractivity contribution in [2.45, 2.75) is 9.79 Å². The molecule has 0 saturated carbocycles. The van der Waals surface area contributed by atoms with Gasteiger partial charge < -0.3 is 4.89 Å². The van der Waals surface area contributed by atoms with Crippen LogP contribution in [0.2, 0.25) is 0 Å². The van der Waals surface area contributed by atoms with Gasteiger partial charge >= 0.3 is 10.1 Å². The molecule has 2 rings (SSSR count). The summed E-state index contributed by atoms with van der Waals surface area (Å²) < 4.78 is 59.2. The van der Waals surface area contributed by atoms with Gasteiger partial charge in [0.1, 0.15) is 4.90 Å². The number of benzene rings is 2. The average Bonchev–Trinajstić information content (AvgIpc) is 2.45. The van der Waals surface area contributed by atoms with Crippen molar-refractivity contribution in [1.82, 2.24) is 0 Å². The van der Waals surface area contributed by atoms with Gasteiger partial charge in [-0.1, -0.05) is 34.7 Å². The summed E-state index contributed by atoms with van der Waals surface area (Å²) in [6, 6.07) is 12.1. The summed E-state index contributed by atoms with van der Waals surface area (Å²) >= 11 is 0. The first-order chi connectivity index (χ1) is 9.81. The van der Waals surface area contributed by atoms with Gasteiger partial charge in [0.05, 0.1) is 4.90 Å². The van der Waals surface area contributed by atoms with Gasteiger partial charge in [-0.15, -0.1) is 0 Å². The molecule has 21 heavy (non-hydrogen) atoms. The van der Waals surface area contributed by atoms with Gasteiger partial charge in [-0.05, 0) is 24.3 Å². The van der Waals surface area contributed by atoms with E-state index in [4.69, 9.17) is 4.55 Å². The molecule has 9 heteroatoms. The van der Waals surface area contributed by atoms with Crippen LogP contribution in [0.4, 0.5) is 0 Å². The first-order valence-corrected chi connectivity index (χ1v) is 8.38. The third kappa shape index (κ3) is 3.79. The molecule has 0 aliphatic heterocycles. The molecule has 112 valence electrons. The van der Waals surface area contributed by atoms with Gasteiger partial charge in [-0.2, -0.15) is 16.8 Å². The minimum Gasteiger partial charge on any atom is -0.319 e. The maximum Gasteiger partial charge on any atom is 0.332 e. The molecule has 0 aliphatic rings. The molecular weight excluding hydrogens is 320 g/mol. The lowest BCUT2D eigenvalue weighted by molar-refractivity contribution is -0.0955. The summed E-state index contributed by atoms with van der Waals surface area (Å²) in [5.41, 5.74) is 0. The van der Waals surface area contributed by atoms with Crippen molar-refractivity contribution in [2.75, 3.05) is 0 Å². The van der Waals surface area contributed by atoms with Gasteiger partial charge in [0.15, 0.2) is 5.75 Å². The van der Waals surface area contributed by atoms with E-state index in [1.165, 1.54) is 36.4 Å². The summed E-state index contributed by atoms with van der Waals surface area (Å²) in [6.07, 6.45) is 0. The van der Waals surface area contributed by atoms with Gasteiger partial charge in [-0.3, -0.25) is 4.55 Å². The number of rotatable bonds is 5. The molecule has 0 unspecified atom stereocenters. The fourth-order valence-corrected chi connectivity index (χ4v) is 2.78. The Morgan fingerprint density at radius 2 is 1.38 bits per heavy atom. The van der Waals surface area contributed by atoms with Crippen LogP contribution in [-0.4, -0.2) is 21.4 Å². The highest BCUT2D eigenvalue weighted by atomic mass is 32.2. The van der Waals surface area contributed by atoms with Crippen molar-refractivity contribution in [1.29, 1.82) is 0 Å². The van der Waals surface area contributed by atoms with Crippen molar-refractivity contribution >= 4 is 20.2 Å². The maximum absolute atomic E-state index is 11.8. The van der Waals surface area contributed by atoms with Crippen LogP contribution in [0, 0.1) is 0 Å². The molecule has 2 aromatic rings. The first-order valence-electron chi connectivity index (χ1n) is 5.53. The fraction of sp³-hybridized carbons (Fsp3) is 0. The second kappa shape index (κ2) is 5.82. The summed E-state index contributed by atoms with van der Waals surface area (Å²) in [7, 11) is -8.79.